The van der Waals surface area contributed by atoms with Crippen molar-refractivity contribution in [3.63, 3.8) is 0 Å². The van der Waals surface area contributed by atoms with Gasteiger partial charge in [-0.2, -0.15) is 0 Å². The van der Waals surface area contributed by atoms with Crippen LogP contribution in [-0.4, -0.2) is 18.0 Å². The second kappa shape index (κ2) is 6.88. The van der Waals surface area contributed by atoms with Crippen LogP contribution in [0.25, 0.3) is 0 Å². The molecule has 0 aliphatic carbocycles. The molecule has 1 N–H and O–H groups in total. The molecule has 0 saturated heterocycles. The van der Waals surface area contributed by atoms with Crippen molar-refractivity contribution >= 4 is 6.03 Å². The van der Waals surface area contributed by atoms with Gasteiger partial charge in [-0.05, 0) is 18.6 Å². The smallest absolute Gasteiger partial charge is 0.317 e. The summed E-state index contributed by atoms with van der Waals surface area (Å²) < 4.78 is 13.7. The zero-order chi connectivity index (χ0) is 15.2. The Kier molecular flexibility index (Phi) is 4.93. The van der Waals surface area contributed by atoms with E-state index in [9.17, 15) is 9.18 Å². The van der Waals surface area contributed by atoms with Crippen molar-refractivity contribution in [3.05, 3.63) is 71.5 Å². The van der Waals surface area contributed by atoms with E-state index in [-0.39, 0.29) is 17.9 Å². The van der Waals surface area contributed by atoms with Crippen molar-refractivity contribution in [3.8, 4) is 0 Å². The quantitative estimate of drug-likeness (QED) is 0.912. The van der Waals surface area contributed by atoms with Crippen LogP contribution in [0.2, 0.25) is 0 Å². The zero-order valence-electron chi connectivity index (χ0n) is 12.2. The predicted octanol–water partition coefficient (Wildman–Crippen LogP) is 3.73. The molecule has 2 aromatic carbocycles. The summed E-state index contributed by atoms with van der Waals surface area (Å²) in [5, 5.41) is 2.80. The normalized spacial score (nSPS) is 11.8. The molecule has 3 nitrogen and oxygen atoms in total. The molecule has 0 aliphatic rings. The molecule has 2 aromatic rings. The molecule has 21 heavy (non-hydrogen) atoms. The molecular weight excluding hydrogens is 267 g/mol. The van der Waals surface area contributed by atoms with Crippen molar-refractivity contribution in [1.29, 1.82) is 0 Å². The first-order valence-corrected chi connectivity index (χ1v) is 6.88. The van der Waals surface area contributed by atoms with Gasteiger partial charge in [0, 0.05) is 19.2 Å². The molecule has 0 fully saturated rings. The van der Waals surface area contributed by atoms with Gasteiger partial charge in [-0.3, -0.25) is 0 Å². The molecule has 0 bridgehead atoms. The summed E-state index contributed by atoms with van der Waals surface area (Å²) in [6.07, 6.45) is 0. The first-order chi connectivity index (χ1) is 10.1. The lowest BCUT2D eigenvalue weighted by Gasteiger charge is -2.22. The average Bonchev–Trinajstić information content (AvgIpc) is 2.48. The van der Waals surface area contributed by atoms with Crippen molar-refractivity contribution < 1.29 is 9.18 Å². The molecular formula is C17H19FN2O. The summed E-state index contributed by atoms with van der Waals surface area (Å²) in [7, 11) is 1.72. The second-order valence-electron chi connectivity index (χ2n) is 5.03. The molecule has 0 aromatic heterocycles. The highest BCUT2D eigenvalue weighted by atomic mass is 19.1. The van der Waals surface area contributed by atoms with Gasteiger partial charge >= 0.3 is 6.03 Å². The molecule has 2 amide bonds. The minimum Gasteiger partial charge on any atom is -0.331 e. The molecule has 2 rings (SSSR count). The number of nitrogens with zero attached hydrogens (tertiary/aromatic N) is 1. The van der Waals surface area contributed by atoms with Crippen molar-refractivity contribution in [2.45, 2.75) is 19.5 Å². The van der Waals surface area contributed by atoms with Gasteiger partial charge in [0.1, 0.15) is 5.82 Å². The van der Waals surface area contributed by atoms with Gasteiger partial charge in [0.15, 0.2) is 0 Å². The fourth-order valence-electron chi connectivity index (χ4n) is 2.13. The van der Waals surface area contributed by atoms with E-state index in [0.29, 0.717) is 12.1 Å². The minimum atomic E-state index is -0.378. The van der Waals surface area contributed by atoms with Crippen molar-refractivity contribution in [1.82, 2.24) is 10.2 Å². The number of nitrogens with one attached hydrogen (secondary N) is 1. The number of carbonyl (C=O) groups is 1. The van der Waals surface area contributed by atoms with E-state index in [1.165, 1.54) is 6.07 Å². The van der Waals surface area contributed by atoms with Crippen molar-refractivity contribution in [2.75, 3.05) is 7.05 Å². The molecule has 4 heteroatoms. The maximum absolute atomic E-state index is 13.7. The number of amides is 2. The van der Waals surface area contributed by atoms with E-state index in [0.717, 1.165) is 5.56 Å². The first-order valence-electron chi connectivity index (χ1n) is 6.88. The third-order valence-electron chi connectivity index (χ3n) is 3.32. The summed E-state index contributed by atoms with van der Waals surface area (Å²) in [6, 6.07) is 15.6. The van der Waals surface area contributed by atoms with Crippen LogP contribution in [-0.2, 0) is 6.54 Å². The molecule has 0 spiro atoms. The lowest BCUT2D eigenvalue weighted by molar-refractivity contribution is 0.203. The van der Waals surface area contributed by atoms with E-state index in [2.05, 4.69) is 5.32 Å². The Balaban J connectivity index is 1.96. The van der Waals surface area contributed by atoms with Crippen LogP contribution < -0.4 is 5.32 Å². The second-order valence-corrected chi connectivity index (χ2v) is 5.03. The number of hydrogen-bond donors (Lipinski definition) is 1. The SMILES string of the molecule is C[C@@H](NC(=O)N(C)Cc1ccccc1)c1ccccc1F. The topological polar surface area (TPSA) is 32.3 Å². The van der Waals surface area contributed by atoms with E-state index >= 15 is 0 Å². The monoisotopic (exact) mass is 286 g/mol. The van der Waals surface area contributed by atoms with Crippen LogP contribution in [0, 0.1) is 5.82 Å². The van der Waals surface area contributed by atoms with E-state index < -0.39 is 0 Å². The Morgan fingerprint density at radius 2 is 1.76 bits per heavy atom. The van der Waals surface area contributed by atoms with Gasteiger partial charge in [-0.15, -0.1) is 0 Å². The van der Waals surface area contributed by atoms with E-state index in [4.69, 9.17) is 0 Å². The summed E-state index contributed by atoms with van der Waals surface area (Å²) in [5.41, 5.74) is 1.53. The third kappa shape index (κ3) is 4.05. The lowest BCUT2D eigenvalue weighted by Crippen LogP contribution is -2.38. The predicted molar refractivity (Wildman–Crippen MR) is 81.3 cm³/mol. The lowest BCUT2D eigenvalue weighted by atomic mass is 10.1. The van der Waals surface area contributed by atoms with Gasteiger partial charge in [0.2, 0.25) is 0 Å². The molecule has 0 unspecified atom stereocenters. The summed E-state index contributed by atoms with van der Waals surface area (Å²) in [4.78, 5) is 13.7. The molecule has 0 saturated carbocycles. The summed E-state index contributed by atoms with van der Waals surface area (Å²) in [5.74, 6) is -0.309. The first kappa shape index (κ1) is 15.0. The number of hydrogen-bond acceptors (Lipinski definition) is 1. The van der Waals surface area contributed by atoms with E-state index in [1.54, 1.807) is 37.1 Å². The number of halogens is 1. The van der Waals surface area contributed by atoms with Crippen LogP contribution in [0.3, 0.4) is 0 Å². The van der Waals surface area contributed by atoms with Gasteiger partial charge < -0.3 is 10.2 Å². The van der Waals surface area contributed by atoms with Gasteiger partial charge in [0.05, 0.1) is 6.04 Å². The number of benzene rings is 2. The van der Waals surface area contributed by atoms with Crippen LogP contribution in [0.4, 0.5) is 9.18 Å². The zero-order valence-corrected chi connectivity index (χ0v) is 12.2. The van der Waals surface area contributed by atoms with Crippen LogP contribution >= 0.6 is 0 Å². The molecule has 0 heterocycles. The van der Waals surface area contributed by atoms with Crippen LogP contribution in [0.15, 0.2) is 54.6 Å². The average molecular weight is 286 g/mol. The van der Waals surface area contributed by atoms with Gasteiger partial charge in [-0.25, -0.2) is 9.18 Å². The minimum absolute atomic E-state index is 0.227. The Hall–Kier alpha value is -2.36. The van der Waals surface area contributed by atoms with Crippen LogP contribution in [0.1, 0.15) is 24.1 Å². The number of rotatable bonds is 4. The number of urea groups is 1. The Morgan fingerprint density at radius 3 is 2.43 bits per heavy atom. The Morgan fingerprint density at radius 1 is 1.14 bits per heavy atom. The standard InChI is InChI=1S/C17H19FN2O/c1-13(15-10-6-7-11-16(15)18)19-17(21)20(2)12-14-8-4-3-5-9-14/h3-11,13H,12H2,1-2H3,(H,19,21)/t13-/m1/s1. The number of carbonyl (C=O) groups excluding carboxylic acids is 1. The maximum Gasteiger partial charge on any atom is 0.317 e. The fraction of sp³-hybridized carbons (Fsp3) is 0.235. The molecule has 0 aliphatic heterocycles. The largest absolute Gasteiger partial charge is 0.331 e. The highest BCUT2D eigenvalue weighted by Crippen LogP contribution is 2.16. The fourth-order valence-corrected chi connectivity index (χ4v) is 2.13. The van der Waals surface area contributed by atoms with E-state index in [1.807, 2.05) is 30.3 Å². The van der Waals surface area contributed by atoms with Crippen LogP contribution in [0.5, 0.6) is 0 Å². The van der Waals surface area contributed by atoms with Gasteiger partial charge in [-0.1, -0.05) is 48.5 Å². The van der Waals surface area contributed by atoms with Crippen molar-refractivity contribution in [2.24, 2.45) is 0 Å². The summed E-state index contributed by atoms with van der Waals surface area (Å²) in [6.45, 7) is 2.28. The molecule has 1 atom stereocenters. The maximum atomic E-state index is 13.7. The highest BCUT2D eigenvalue weighted by Gasteiger charge is 2.15. The highest BCUT2D eigenvalue weighted by molar-refractivity contribution is 5.74. The Labute approximate surface area is 124 Å². The third-order valence-corrected chi connectivity index (χ3v) is 3.32. The Bertz CT molecular complexity index is 601. The summed E-state index contributed by atoms with van der Waals surface area (Å²) >= 11 is 0. The van der Waals surface area contributed by atoms with Gasteiger partial charge in [0.25, 0.3) is 0 Å². The molecule has 110 valence electrons. The molecule has 0 radical (unpaired) electrons.